The Balaban J connectivity index is 2.31. The minimum Gasteiger partial charge on any atom is -0.478 e. The van der Waals surface area contributed by atoms with Gasteiger partial charge in [-0.1, -0.05) is 30.3 Å². The first-order valence-corrected chi connectivity index (χ1v) is 8.01. The number of aromatic carboxylic acids is 1. The third kappa shape index (κ3) is 3.63. The maximum atomic E-state index is 12.4. The molecule has 2 rings (SSSR count). The molecule has 0 aliphatic rings. The largest absolute Gasteiger partial charge is 0.478 e. The Hall–Kier alpha value is -2.38. The van der Waals surface area contributed by atoms with Gasteiger partial charge in [0.15, 0.2) is 0 Å². The van der Waals surface area contributed by atoms with Gasteiger partial charge < -0.3 is 10.4 Å². The maximum Gasteiger partial charge on any atom is 0.335 e. The zero-order valence-electron chi connectivity index (χ0n) is 11.9. The summed E-state index contributed by atoms with van der Waals surface area (Å²) in [7, 11) is -2.26. The molecule has 0 unspecified atom stereocenters. The fourth-order valence-electron chi connectivity index (χ4n) is 1.94. The van der Waals surface area contributed by atoms with Crippen molar-refractivity contribution in [2.45, 2.75) is 11.4 Å². The van der Waals surface area contributed by atoms with Gasteiger partial charge in [-0.05, 0) is 23.8 Å². The molecule has 7 heteroatoms. The predicted molar refractivity (Wildman–Crippen MR) is 83.4 cm³/mol. The number of anilines is 1. The first kappa shape index (κ1) is 16.0. The Bertz CT molecular complexity index is 773. The Morgan fingerprint density at radius 3 is 2.41 bits per heavy atom. The smallest absolute Gasteiger partial charge is 0.335 e. The Morgan fingerprint density at radius 2 is 1.82 bits per heavy atom. The van der Waals surface area contributed by atoms with Crippen LogP contribution < -0.4 is 10.0 Å². The Morgan fingerprint density at radius 1 is 1.14 bits per heavy atom. The summed E-state index contributed by atoms with van der Waals surface area (Å²) in [4.78, 5) is 10.9. The van der Waals surface area contributed by atoms with E-state index in [2.05, 4.69) is 10.0 Å². The monoisotopic (exact) mass is 320 g/mol. The summed E-state index contributed by atoms with van der Waals surface area (Å²) in [5.74, 6) is -1.18. The van der Waals surface area contributed by atoms with E-state index < -0.39 is 16.0 Å². The van der Waals surface area contributed by atoms with Crippen molar-refractivity contribution in [2.75, 3.05) is 12.4 Å². The molecule has 2 aromatic carbocycles. The topological polar surface area (TPSA) is 95.5 Å². The highest BCUT2D eigenvalue weighted by molar-refractivity contribution is 7.89. The summed E-state index contributed by atoms with van der Waals surface area (Å²) < 4.78 is 27.3. The Labute approximate surface area is 128 Å². The van der Waals surface area contributed by atoms with Crippen LogP contribution in [-0.2, 0) is 16.6 Å². The van der Waals surface area contributed by atoms with Crippen LogP contribution in [0.2, 0.25) is 0 Å². The predicted octanol–water partition coefficient (Wildman–Crippen LogP) is 1.90. The third-order valence-electron chi connectivity index (χ3n) is 3.10. The van der Waals surface area contributed by atoms with Crippen molar-refractivity contribution in [1.82, 2.24) is 4.72 Å². The molecule has 0 fully saturated rings. The highest BCUT2D eigenvalue weighted by atomic mass is 32.2. The maximum absolute atomic E-state index is 12.4. The highest BCUT2D eigenvalue weighted by Gasteiger charge is 2.20. The van der Waals surface area contributed by atoms with Crippen molar-refractivity contribution in [2.24, 2.45) is 0 Å². The molecular formula is C15H16N2O4S. The molecule has 0 saturated carbocycles. The molecule has 2 aromatic rings. The van der Waals surface area contributed by atoms with Crippen LogP contribution in [0.25, 0.3) is 0 Å². The number of rotatable bonds is 6. The van der Waals surface area contributed by atoms with Gasteiger partial charge in [0, 0.05) is 13.6 Å². The molecule has 0 saturated heterocycles. The van der Waals surface area contributed by atoms with Gasteiger partial charge in [0.1, 0.15) is 4.90 Å². The molecule has 22 heavy (non-hydrogen) atoms. The number of nitrogens with one attached hydrogen (secondary N) is 2. The van der Waals surface area contributed by atoms with E-state index in [1.165, 1.54) is 12.1 Å². The van der Waals surface area contributed by atoms with Crippen molar-refractivity contribution in [3.8, 4) is 0 Å². The first-order chi connectivity index (χ1) is 10.4. The molecule has 0 spiro atoms. The summed E-state index contributed by atoms with van der Waals surface area (Å²) in [6.07, 6.45) is 0. The minimum atomic E-state index is -3.83. The van der Waals surface area contributed by atoms with E-state index in [-0.39, 0.29) is 17.0 Å². The van der Waals surface area contributed by atoms with E-state index in [9.17, 15) is 13.2 Å². The summed E-state index contributed by atoms with van der Waals surface area (Å²) >= 11 is 0. The lowest BCUT2D eigenvalue weighted by Gasteiger charge is -2.12. The lowest BCUT2D eigenvalue weighted by Crippen LogP contribution is -2.24. The molecule has 0 bridgehead atoms. The molecular weight excluding hydrogens is 304 g/mol. The number of hydrogen-bond acceptors (Lipinski definition) is 4. The molecule has 0 heterocycles. The molecule has 6 nitrogen and oxygen atoms in total. The van der Waals surface area contributed by atoms with Gasteiger partial charge in [-0.2, -0.15) is 0 Å². The number of benzene rings is 2. The van der Waals surface area contributed by atoms with E-state index in [1.807, 2.05) is 18.2 Å². The van der Waals surface area contributed by atoms with E-state index in [4.69, 9.17) is 5.11 Å². The van der Waals surface area contributed by atoms with Crippen molar-refractivity contribution in [3.05, 3.63) is 59.7 Å². The van der Waals surface area contributed by atoms with E-state index in [0.29, 0.717) is 5.69 Å². The first-order valence-electron chi connectivity index (χ1n) is 6.53. The molecule has 0 aliphatic carbocycles. The number of carboxylic acids is 1. The number of hydrogen-bond donors (Lipinski definition) is 3. The quantitative estimate of drug-likeness (QED) is 0.755. The second-order valence-corrected chi connectivity index (χ2v) is 6.31. The SMILES string of the molecule is CNc1ccc(C(=O)O)cc1S(=O)(=O)NCc1ccccc1. The van der Waals surface area contributed by atoms with Crippen LogP contribution in [-0.4, -0.2) is 26.5 Å². The van der Waals surface area contributed by atoms with Gasteiger partial charge in [-0.15, -0.1) is 0 Å². The van der Waals surface area contributed by atoms with Gasteiger partial charge in [0.25, 0.3) is 0 Å². The fraction of sp³-hybridized carbons (Fsp3) is 0.133. The zero-order valence-corrected chi connectivity index (χ0v) is 12.7. The van der Waals surface area contributed by atoms with Crippen LogP contribution in [0.3, 0.4) is 0 Å². The molecule has 3 N–H and O–H groups in total. The van der Waals surface area contributed by atoms with Crippen molar-refractivity contribution >= 4 is 21.7 Å². The van der Waals surface area contributed by atoms with Crippen LogP contribution in [0.1, 0.15) is 15.9 Å². The van der Waals surface area contributed by atoms with E-state index >= 15 is 0 Å². The lowest BCUT2D eigenvalue weighted by atomic mass is 10.2. The summed E-state index contributed by atoms with van der Waals surface area (Å²) in [5.41, 5.74) is 1.07. The fourth-order valence-corrected chi connectivity index (χ4v) is 3.19. The standard InChI is InChI=1S/C15H16N2O4S/c1-16-13-8-7-12(15(18)19)9-14(13)22(20,21)17-10-11-5-3-2-4-6-11/h2-9,16-17H,10H2,1H3,(H,18,19). The van der Waals surface area contributed by atoms with Crippen molar-refractivity contribution < 1.29 is 18.3 Å². The van der Waals surface area contributed by atoms with Gasteiger partial charge in [0.2, 0.25) is 10.0 Å². The van der Waals surface area contributed by atoms with Crippen molar-refractivity contribution in [3.63, 3.8) is 0 Å². The normalized spacial score (nSPS) is 11.1. The molecule has 0 radical (unpaired) electrons. The third-order valence-corrected chi connectivity index (χ3v) is 4.54. The number of sulfonamides is 1. The minimum absolute atomic E-state index is 0.0842. The van der Waals surface area contributed by atoms with Gasteiger partial charge in [-0.25, -0.2) is 17.9 Å². The van der Waals surface area contributed by atoms with Crippen LogP contribution in [0.4, 0.5) is 5.69 Å². The summed E-state index contributed by atoms with van der Waals surface area (Å²) in [5, 5.41) is 11.8. The average molecular weight is 320 g/mol. The number of carboxylic acid groups (broad SMARTS) is 1. The lowest BCUT2D eigenvalue weighted by molar-refractivity contribution is 0.0696. The highest BCUT2D eigenvalue weighted by Crippen LogP contribution is 2.22. The zero-order chi connectivity index (χ0) is 16.2. The molecule has 0 atom stereocenters. The van der Waals surface area contributed by atoms with Crippen molar-refractivity contribution in [1.29, 1.82) is 0 Å². The second-order valence-electron chi connectivity index (χ2n) is 4.58. The van der Waals surface area contributed by atoms with Crippen LogP contribution in [0, 0.1) is 0 Å². The Kier molecular flexibility index (Phi) is 4.79. The van der Waals surface area contributed by atoms with Gasteiger partial charge in [-0.3, -0.25) is 0 Å². The van der Waals surface area contributed by atoms with Gasteiger partial charge in [0.05, 0.1) is 11.3 Å². The van der Waals surface area contributed by atoms with Gasteiger partial charge >= 0.3 is 5.97 Å². The van der Waals surface area contributed by atoms with Crippen LogP contribution in [0.15, 0.2) is 53.4 Å². The molecule has 116 valence electrons. The summed E-state index contributed by atoms with van der Waals surface area (Å²) in [6.45, 7) is 0.129. The molecule has 0 amide bonds. The molecule has 0 aliphatic heterocycles. The van der Waals surface area contributed by atoms with E-state index in [0.717, 1.165) is 11.6 Å². The number of carbonyl (C=O) groups is 1. The second kappa shape index (κ2) is 6.59. The van der Waals surface area contributed by atoms with Crippen LogP contribution in [0.5, 0.6) is 0 Å². The van der Waals surface area contributed by atoms with E-state index in [1.54, 1.807) is 19.2 Å². The summed E-state index contributed by atoms with van der Waals surface area (Å²) in [6, 6.07) is 13.0. The van der Waals surface area contributed by atoms with Crippen LogP contribution >= 0.6 is 0 Å². The molecule has 0 aromatic heterocycles. The average Bonchev–Trinajstić information content (AvgIpc) is 2.53.